The highest BCUT2D eigenvalue weighted by molar-refractivity contribution is 5.71. The third-order valence-corrected chi connectivity index (χ3v) is 7.58. The van der Waals surface area contributed by atoms with Crippen molar-refractivity contribution < 1.29 is 28.5 Å². The maximum absolute atomic E-state index is 11.0. The fraction of sp³-hybridized carbons (Fsp3) is 0.189. The number of nitrogens with zero attached hydrogens (tertiary/aromatic N) is 5. The second-order valence-corrected chi connectivity index (χ2v) is 11.0. The third kappa shape index (κ3) is 7.64. The average Bonchev–Trinajstić information content (AvgIpc) is 3.84. The van der Waals surface area contributed by atoms with Gasteiger partial charge in [0.2, 0.25) is 11.8 Å². The van der Waals surface area contributed by atoms with E-state index >= 15 is 0 Å². The van der Waals surface area contributed by atoms with Gasteiger partial charge in [0.25, 0.3) is 0 Å². The molecule has 11 heteroatoms. The number of methoxy groups -OCH3 is 1. The first-order valence-electron chi connectivity index (χ1n) is 15.4. The average molecular weight is 646 g/mol. The molecule has 0 atom stereocenters. The van der Waals surface area contributed by atoms with Gasteiger partial charge in [-0.25, -0.2) is 9.67 Å². The van der Waals surface area contributed by atoms with Gasteiger partial charge in [0.15, 0.2) is 11.5 Å². The second kappa shape index (κ2) is 14.5. The molecule has 48 heavy (non-hydrogen) atoms. The Balaban J connectivity index is 1.14. The van der Waals surface area contributed by atoms with Crippen LogP contribution in [0.3, 0.4) is 0 Å². The van der Waals surface area contributed by atoms with Crippen molar-refractivity contribution in [3.63, 3.8) is 0 Å². The molecule has 0 aliphatic carbocycles. The zero-order valence-electron chi connectivity index (χ0n) is 26.9. The number of carbonyl (C=O) groups is 1. The van der Waals surface area contributed by atoms with Gasteiger partial charge in [0, 0.05) is 30.1 Å². The Morgan fingerprint density at radius 1 is 0.938 bits per heavy atom. The van der Waals surface area contributed by atoms with Crippen LogP contribution in [0.5, 0.6) is 17.4 Å². The summed E-state index contributed by atoms with van der Waals surface area (Å²) < 4.78 is 27.5. The Morgan fingerprint density at radius 2 is 1.73 bits per heavy atom. The minimum atomic E-state index is -0.879. The number of rotatable bonds is 14. The molecule has 0 aliphatic heterocycles. The van der Waals surface area contributed by atoms with Gasteiger partial charge in [0.05, 0.1) is 31.0 Å². The number of para-hydroxylation sites is 1. The number of aliphatic carboxylic acids is 1. The van der Waals surface area contributed by atoms with E-state index in [1.165, 1.54) is 0 Å². The van der Waals surface area contributed by atoms with E-state index in [0.29, 0.717) is 40.3 Å². The molecule has 0 unspecified atom stereocenters. The molecule has 3 aromatic heterocycles. The van der Waals surface area contributed by atoms with E-state index in [9.17, 15) is 4.79 Å². The molecule has 0 radical (unpaired) electrons. The molecule has 6 aromatic rings. The van der Waals surface area contributed by atoms with Crippen LogP contribution in [-0.4, -0.2) is 42.7 Å². The van der Waals surface area contributed by atoms with Crippen LogP contribution in [0.25, 0.3) is 29.3 Å². The monoisotopic (exact) mass is 645 g/mol. The number of carboxylic acid groups (broad SMARTS) is 1. The number of oxazole rings is 1. The summed E-state index contributed by atoms with van der Waals surface area (Å²) in [6, 6.07) is 22.6. The van der Waals surface area contributed by atoms with Gasteiger partial charge in [-0.2, -0.15) is 5.10 Å². The molecule has 0 aliphatic rings. The predicted molar refractivity (Wildman–Crippen MR) is 180 cm³/mol. The summed E-state index contributed by atoms with van der Waals surface area (Å²) in [6.07, 6.45) is 9.68. The van der Waals surface area contributed by atoms with Crippen molar-refractivity contribution in [2.24, 2.45) is 0 Å². The summed E-state index contributed by atoms with van der Waals surface area (Å²) in [5.41, 5.74) is 5.71. The standard InChI is InChI=1S/C37H35N5O6/c1-4-41-21-28(20-38-41)12-16-30-22-42(31-8-6-5-7-9-31)40-37(30)47-23-27-13-17-33(34(18-27)45-3)46-24-32-25(2)48-36(39-32)29-14-10-26(11-15-29)19-35(43)44/h5-18,20-22H,4,19,23-24H2,1-3H3,(H,43,44)/b16-12+. The number of benzene rings is 3. The van der Waals surface area contributed by atoms with Crippen LogP contribution in [0.15, 0.2) is 95.8 Å². The van der Waals surface area contributed by atoms with E-state index in [2.05, 4.69) is 10.1 Å². The second-order valence-electron chi connectivity index (χ2n) is 11.0. The molecule has 0 spiro atoms. The highest BCUT2D eigenvalue weighted by atomic mass is 16.5. The molecule has 11 nitrogen and oxygen atoms in total. The lowest BCUT2D eigenvalue weighted by Gasteiger charge is -2.12. The van der Waals surface area contributed by atoms with Crippen LogP contribution < -0.4 is 14.2 Å². The maximum Gasteiger partial charge on any atom is 0.307 e. The molecule has 244 valence electrons. The van der Waals surface area contributed by atoms with Gasteiger partial charge >= 0.3 is 5.97 Å². The van der Waals surface area contributed by atoms with E-state index in [1.807, 2.05) is 97.8 Å². The van der Waals surface area contributed by atoms with Gasteiger partial charge in [-0.15, -0.1) is 5.10 Å². The summed E-state index contributed by atoms with van der Waals surface area (Å²) in [5, 5.41) is 18.1. The number of hydrogen-bond acceptors (Lipinski definition) is 8. The van der Waals surface area contributed by atoms with Crippen molar-refractivity contribution in [3.8, 4) is 34.5 Å². The molecule has 3 aromatic carbocycles. The fourth-order valence-corrected chi connectivity index (χ4v) is 4.98. The Morgan fingerprint density at radius 3 is 2.46 bits per heavy atom. The molecule has 0 saturated heterocycles. The molecule has 0 saturated carbocycles. The van der Waals surface area contributed by atoms with Crippen molar-refractivity contribution in [2.45, 2.75) is 40.0 Å². The van der Waals surface area contributed by atoms with Crippen LogP contribution >= 0.6 is 0 Å². The fourth-order valence-electron chi connectivity index (χ4n) is 4.98. The largest absolute Gasteiger partial charge is 0.493 e. The summed E-state index contributed by atoms with van der Waals surface area (Å²) in [4.78, 5) is 15.6. The number of hydrogen-bond donors (Lipinski definition) is 1. The SMILES string of the molecule is CCn1cc(/C=C/c2cn(-c3ccccc3)nc2OCc2ccc(OCc3nc(-c4ccc(CC(=O)O)cc4)oc3C)c(OC)c2)cn1. The Labute approximate surface area is 277 Å². The minimum Gasteiger partial charge on any atom is -0.493 e. The van der Waals surface area contributed by atoms with Crippen molar-refractivity contribution in [2.75, 3.05) is 7.11 Å². The van der Waals surface area contributed by atoms with Gasteiger partial charge in [-0.3, -0.25) is 9.48 Å². The first-order chi connectivity index (χ1) is 23.4. The third-order valence-electron chi connectivity index (χ3n) is 7.58. The summed E-state index contributed by atoms with van der Waals surface area (Å²) in [7, 11) is 1.59. The zero-order valence-corrected chi connectivity index (χ0v) is 26.9. The Bertz CT molecular complexity index is 2030. The topological polar surface area (TPSA) is 127 Å². The van der Waals surface area contributed by atoms with E-state index in [1.54, 1.807) is 36.1 Å². The number of carboxylic acids is 1. The Hall–Kier alpha value is -6.10. The van der Waals surface area contributed by atoms with Gasteiger partial charge < -0.3 is 23.7 Å². The van der Waals surface area contributed by atoms with E-state index in [-0.39, 0.29) is 19.6 Å². The molecule has 3 heterocycles. The Kier molecular flexibility index (Phi) is 9.66. The van der Waals surface area contributed by atoms with Gasteiger partial charge in [0.1, 0.15) is 24.7 Å². The molecular formula is C37H35N5O6. The molecule has 0 bridgehead atoms. The normalized spacial score (nSPS) is 11.2. The zero-order chi connectivity index (χ0) is 33.5. The lowest BCUT2D eigenvalue weighted by atomic mass is 10.1. The highest BCUT2D eigenvalue weighted by Gasteiger charge is 2.15. The highest BCUT2D eigenvalue weighted by Crippen LogP contribution is 2.31. The van der Waals surface area contributed by atoms with Crippen LogP contribution in [0.1, 0.15) is 40.6 Å². The van der Waals surface area contributed by atoms with Crippen LogP contribution in [0, 0.1) is 6.92 Å². The van der Waals surface area contributed by atoms with Crippen molar-refractivity contribution in [1.29, 1.82) is 0 Å². The van der Waals surface area contributed by atoms with Crippen LogP contribution in [0.2, 0.25) is 0 Å². The molecular weight excluding hydrogens is 610 g/mol. The number of ether oxygens (including phenoxy) is 3. The van der Waals surface area contributed by atoms with E-state index in [4.69, 9.17) is 28.8 Å². The number of aromatic nitrogens is 5. The minimum absolute atomic E-state index is 0.0410. The first kappa shape index (κ1) is 31.9. The van der Waals surface area contributed by atoms with E-state index in [0.717, 1.165) is 34.5 Å². The lowest BCUT2D eigenvalue weighted by Crippen LogP contribution is -2.02. The summed E-state index contributed by atoms with van der Waals surface area (Å²) >= 11 is 0. The van der Waals surface area contributed by atoms with Gasteiger partial charge in [-0.1, -0.05) is 42.5 Å². The lowest BCUT2D eigenvalue weighted by molar-refractivity contribution is -0.136. The van der Waals surface area contributed by atoms with Crippen molar-refractivity contribution >= 4 is 18.1 Å². The van der Waals surface area contributed by atoms with Crippen LogP contribution in [0.4, 0.5) is 0 Å². The number of aryl methyl sites for hydroxylation is 2. The van der Waals surface area contributed by atoms with E-state index < -0.39 is 5.97 Å². The molecule has 0 fully saturated rings. The van der Waals surface area contributed by atoms with Gasteiger partial charge in [-0.05, 0) is 67.4 Å². The first-order valence-corrected chi connectivity index (χ1v) is 15.4. The van der Waals surface area contributed by atoms with Crippen LogP contribution in [-0.2, 0) is 31.0 Å². The van der Waals surface area contributed by atoms with Crippen molar-refractivity contribution in [3.05, 3.63) is 125 Å². The maximum atomic E-state index is 11.0. The molecule has 6 rings (SSSR count). The molecule has 1 N–H and O–H groups in total. The summed E-state index contributed by atoms with van der Waals surface area (Å²) in [5.74, 6) is 1.78. The molecule has 0 amide bonds. The smallest absolute Gasteiger partial charge is 0.307 e. The quantitative estimate of drug-likeness (QED) is 0.133. The predicted octanol–water partition coefficient (Wildman–Crippen LogP) is 7.02. The summed E-state index contributed by atoms with van der Waals surface area (Å²) in [6.45, 7) is 5.10. The van der Waals surface area contributed by atoms with Crippen molar-refractivity contribution in [1.82, 2.24) is 24.5 Å².